The Morgan fingerprint density at radius 2 is 1.97 bits per heavy atom. The number of rotatable bonds is 8. The Morgan fingerprint density at radius 3 is 2.62 bits per heavy atom. The second kappa shape index (κ2) is 10.9. The molecule has 3 aromatic rings. The molecule has 1 atom stereocenters. The maximum atomic E-state index is 13.7. The second-order valence-electron chi connectivity index (χ2n) is 8.35. The van der Waals surface area contributed by atoms with Crippen molar-refractivity contribution in [1.82, 2.24) is 15.2 Å². The van der Waals surface area contributed by atoms with Gasteiger partial charge in [0.25, 0.3) is 0 Å². The van der Waals surface area contributed by atoms with Gasteiger partial charge in [-0.25, -0.2) is 0 Å². The first kappa shape index (κ1) is 22.7. The van der Waals surface area contributed by atoms with Gasteiger partial charge in [0.05, 0.1) is 6.42 Å². The summed E-state index contributed by atoms with van der Waals surface area (Å²) in [5, 5.41) is 7.25. The molecule has 32 heavy (non-hydrogen) atoms. The van der Waals surface area contributed by atoms with Crippen molar-refractivity contribution < 1.29 is 9.59 Å². The van der Waals surface area contributed by atoms with Gasteiger partial charge < -0.3 is 10.2 Å². The molecule has 1 aliphatic carbocycles. The Labute approximate surface area is 197 Å². The lowest BCUT2D eigenvalue weighted by Crippen LogP contribution is -2.47. The van der Waals surface area contributed by atoms with Crippen LogP contribution in [0.1, 0.15) is 59.0 Å². The third-order valence-corrected chi connectivity index (χ3v) is 7.91. The quantitative estimate of drug-likeness (QED) is 0.491. The van der Waals surface area contributed by atoms with E-state index in [1.165, 1.54) is 6.42 Å². The number of carbonyl (C=O) groups is 2. The smallest absolute Gasteiger partial charge is 0.248 e. The first-order valence-electron chi connectivity index (χ1n) is 11.2. The van der Waals surface area contributed by atoms with Crippen LogP contribution in [0.2, 0.25) is 0 Å². The highest BCUT2D eigenvalue weighted by atomic mass is 32.1. The summed E-state index contributed by atoms with van der Waals surface area (Å²) in [6.45, 7) is 2.36. The molecule has 0 bridgehead atoms. The molecular weight excluding hydrogens is 438 g/mol. The number of hydrogen-bond acceptors (Lipinski definition) is 5. The van der Waals surface area contributed by atoms with Crippen LogP contribution in [0.4, 0.5) is 0 Å². The van der Waals surface area contributed by atoms with E-state index in [1.807, 2.05) is 48.0 Å². The SMILES string of the molecule is Cc1ccsc1C(C(=O)NC1CCCCC1)N(Cc1cccnc1)C(=O)Cc1cccs1. The predicted molar refractivity (Wildman–Crippen MR) is 130 cm³/mol. The van der Waals surface area contributed by atoms with Crippen LogP contribution >= 0.6 is 22.7 Å². The van der Waals surface area contributed by atoms with Crippen molar-refractivity contribution in [1.29, 1.82) is 0 Å². The third-order valence-electron chi connectivity index (χ3n) is 5.96. The molecule has 168 valence electrons. The zero-order chi connectivity index (χ0) is 22.3. The number of hydrogen-bond donors (Lipinski definition) is 1. The molecule has 4 rings (SSSR count). The summed E-state index contributed by atoms with van der Waals surface area (Å²) in [7, 11) is 0. The second-order valence-corrected chi connectivity index (χ2v) is 10.3. The van der Waals surface area contributed by atoms with E-state index in [0.29, 0.717) is 6.54 Å². The average Bonchev–Trinajstić information content (AvgIpc) is 3.47. The monoisotopic (exact) mass is 467 g/mol. The Kier molecular flexibility index (Phi) is 7.71. The summed E-state index contributed by atoms with van der Waals surface area (Å²) in [4.78, 5) is 35.2. The van der Waals surface area contributed by atoms with Crippen molar-refractivity contribution in [3.63, 3.8) is 0 Å². The molecular formula is C25H29N3O2S2. The molecule has 0 radical (unpaired) electrons. The number of nitrogens with zero attached hydrogens (tertiary/aromatic N) is 2. The zero-order valence-corrected chi connectivity index (χ0v) is 20.0. The normalized spacial score (nSPS) is 15.3. The van der Waals surface area contributed by atoms with Crippen LogP contribution < -0.4 is 5.32 Å². The van der Waals surface area contributed by atoms with Crippen LogP contribution in [0, 0.1) is 6.92 Å². The van der Waals surface area contributed by atoms with Gasteiger partial charge in [0.1, 0.15) is 6.04 Å². The number of carbonyl (C=O) groups excluding carboxylic acids is 2. The van der Waals surface area contributed by atoms with Crippen LogP contribution in [0.5, 0.6) is 0 Å². The summed E-state index contributed by atoms with van der Waals surface area (Å²) < 4.78 is 0. The zero-order valence-electron chi connectivity index (χ0n) is 18.3. The highest BCUT2D eigenvalue weighted by Crippen LogP contribution is 2.32. The first-order valence-corrected chi connectivity index (χ1v) is 12.9. The van der Waals surface area contributed by atoms with E-state index in [2.05, 4.69) is 10.3 Å². The first-order chi connectivity index (χ1) is 15.6. The minimum atomic E-state index is -0.649. The molecule has 3 aromatic heterocycles. The lowest BCUT2D eigenvalue weighted by atomic mass is 9.95. The molecule has 0 aromatic carbocycles. The standard InChI is InChI=1S/C25H29N3O2S2/c1-18-11-14-32-24(18)23(25(30)27-20-8-3-2-4-9-20)28(17-19-7-5-12-26-16-19)22(29)15-21-10-6-13-31-21/h5-7,10-14,16,20,23H,2-4,8-9,15,17H2,1H3,(H,27,30). The third kappa shape index (κ3) is 5.64. The molecule has 1 aliphatic rings. The van der Waals surface area contributed by atoms with Crippen LogP contribution in [-0.2, 0) is 22.6 Å². The van der Waals surface area contributed by atoms with Gasteiger partial charge in [-0.3, -0.25) is 14.6 Å². The molecule has 1 fully saturated rings. The van der Waals surface area contributed by atoms with E-state index in [0.717, 1.165) is 46.6 Å². The molecule has 1 N–H and O–H groups in total. The van der Waals surface area contributed by atoms with Gasteiger partial charge >= 0.3 is 0 Å². The molecule has 0 spiro atoms. The predicted octanol–water partition coefficient (Wildman–Crippen LogP) is 5.27. The number of aryl methyl sites for hydroxylation is 1. The summed E-state index contributed by atoms with van der Waals surface area (Å²) in [6.07, 6.45) is 9.30. The molecule has 3 heterocycles. The summed E-state index contributed by atoms with van der Waals surface area (Å²) in [6, 6.07) is 9.30. The fraction of sp³-hybridized carbons (Fsp3) is 0.400. The maximum absolute atomic E-state index is 13.7. The maximum Gasteiger partial charge on any atom is 0.248 e. The van der Waals surface area contributed by atoms with Crippen molar-refractivity contribution in [2.24, 2.45) is 0 Å². The van der Waals surface area contributed by atoms with Crippen LogP contribution in [0.15, 0.2) is 53.5 Å². The number of nitrogens with one attached hydrogen (secondary N) is 1. The van der Waals surface area contributed by atoms with Gasteiger partial charge in [-0.15, -0.1) is 22.7 Å². The molecule has 0 saturated heterocycles. The van der Waals surface area contributed by atoms with Crippen molar-refractivity contribution in [3.05, 3.63) is 74.4 Å². The van der Waals surface area contributed by atoms with Gasteiger partial charge in [0.2, 0.25) is 11.8 Å². The number of amides is 2. The van der Waals surface area contributed by atoms with Crippen molar-refractivity contribution in [2.45, 2.75) is 64.1 Å². The molecule has 1 unspecified atom stereocenters. The number of aromatic nitrogens is 1. The van der Waals surface area contributed by atoms with E-state index >= 15 is 0 Å². The van der Waals surface area contributed by atoms with Crippen molar-refractivity contribution in [3.8, 4) is 0 Å². The summed E-state index contributed by atoms with van der Waals surface area (Å²) in [5.41, 5.74) is 1.95. The summed E-state index contributed by atoms with van der Waals surface area (Å²) in [5.74, 6) is -0.126. The lowest BCUT2D eigenvalue weighted by Gasteiger charge is -2.33. The highest BCUT2D eigenvalue weighted by molar-refractivity contribution is 7.10. The molecule has 7 heteroatoms. The Morgan fingerprint density at radius 1 is 1.12 bits per heavy atom. The summed E-state index contributed by atoms with van der Waals surface area (Å²) >= 11 is 3.11. The van der Waals surface area contributed by atoms with Gasteiger partial charge in [0.15, 0.2) is 0 Å². The van der Waals surface area contributed by atoms with Crippen LogP contribution in [-0.4, -0.2) is 27.7 Å². The lowest BCUT2D eigenvalue weighted by molar-refractivity contribution is -0.141. The molecule has 0 aliphatic heterocycles. The number of pyridine rings is 1. The fourth-order valence-electron chi connectivity index (χ4n) is 4.27. The van der Waals surface area contributed by atoms with Gasteiger partial charge in [-0.2, -0.15) is 0 Å². The Hall–Kier alpha value is -2.51. The van der Waals surface area contributed by atoms with Crippen molar-refractivity contribution >= 4 is 34.5 Å². The van der Waals surface area contributed by atoms with Crippen LogP contribution in [0.3, 0.4) is 0 Å². The van der Waals surface area contributed by atoms with Crippen LogP contribution in [0.25, 0.3) is 0 Å². The van der Waals surface area contributed by atoms with E-state index < -0.39 is 6.04 Å². The van der Waals surface area contributed by atoms with E-state index in [1.54, 1.807) is 40.0 Å². The molecule has 2 amide bonds. The van der Waals surface area contributed by atoms with E-state index in [9.17, 15) is 9.59 Å². The van der Waals surface area contributed by atoms with E-state index in [-0.39, 0.29) is 24.3 Å². The van der Waals surface area contributed by atoms with Crippen molar-refractivity contribution in [2.75, 3.05) is 0 Å². The topological polar surface area (TPSA) is 62.3 Å². The molecule has 1 saturated carbocycles. The fourth-order valence-corrected chi connectivity index (χ4v) is 6.00. The largest absolute Gasteiger partial charge is 0.351 e. The van der Waals surface area contributed by atoms with Gasteiger partial charge in [-0.1, -0.05) is 31.4 Å². The Balaban J connectivity index is 1.66. The van der Waals surface area contributed by atoms with Gasteiger partial charge in [-0.05, 0) is 59.9 Å². The minimum Gasteiger partial charge on any atom is -0.351 e. The minimum absolute atomic E-state index is 0.0482. The molecule has 5 nitrogen and oxygen atoms in total. The Bertz CT molecular complexity index is 1010. The average molecular weight is 468 g/mol. The number of thiophene rings is 2. The van der Waals surface area contributed by atoms with Gasteiger partial charge in [0, 0.05) is 34.7 Å². The highest BCUT2D eigenvalue weighted by Gasteiger charge is 2.34. The van der Waals surface area contributed by atoms with E-state index in [4.69, 9.17) is 0 Å².